The maximum atomic E-state index is 5.28. The van der Waals surface area contributed by atoms with E-state index in [1.807, 2.05) is 6.07 Å². The summed E-state index contributed by atoms with van der Waals surface area (Å²) in [5.41, 5.74) is 1.31. The molecule has 1 N–H and O–H groups in total. The van der Waals surface area contributed by atoms with Crippen LogP contribution in [0.4, 0.5) is 0 Å². The Bertz CT molecular complexity index is 371. The molecule has 1 fully saturated rings. The van der Waals surface area contributed by atoms with Crippen molar-refractivity contribution >= 4 is 0 Å². The summed E-state index contributed by atoms with van der Waals surface area (Å²) < 4.78 is 5.28. The van der Waals surface area contributed by atoms with Gasteiger partial charge < -0.3 is 10.1 Å². The zero-order valence-electron chi connectivity index (χ0n) is 12.3. The summed E-state index contributed by atoms with van der Waals surface area (Å²) in [5.74, 6) is 1.83. The molecule has 19 heavy (non-hydrogen) atoms. The molecule has 0 radical (unpaired) electrons. The lowest BCUT2D eigenvalue weighted by Gasteiger charge is -2.30. The zero-order valence-corrected chi connectivity index (χ0v) is 12.3. The molecule has 1 atom stereocenters. The number of hydrogen-bond acceptors (Lipinski definition) is 2. The molecule has 1 aromatic rings. The van der Waals surface area contributed by atoms with Crippen LogP contribution in [0.25, 0.3) is 0 Å². The van der Waals surface area contributed by atoms with E-state index >= 15 is 0 Å². The van der Waals surface area contributed by atoms with E-state index in [4.69, 9.17) is 4.74 Å². The molecular weight excluding hydrogens is 234 g/mol. The molecule has 1 saturated carbocycles. The van der Waals surface area contributed by atoms with Gasteiger partial charge in [0.05, 0.1) is 7.11 Å². The molecule has 0 amide bonds. The quantitative estimate of drug-likeness (QED) is 0.831. The summed E-state index contributed by atoms with van der Waals surface area (Å²) in [4.78, 5) is 0. The second-order valence-electron chi connectivity index (χ2n) is 5.65. The van der Waals surface area contributed by atoms with E-state index in [0.717, 1.165) is 18.2 Å². The fourth-order valence-electron chi connectivity index (χ4n) is 3.21. The van der Waals surface area contributed by atoms with E-state index in [-0.39, 0.29) is 0 Å². The molecular formula is C17H27NO. The molecule has 1 aliphatic carbocycles. The van der Waals surface area contributed by atoms with Crippen LogP contribution in [-0.2, 0) is 6.54 Å². The Labute approximate surface area is 117 Å². The number of hydrogen-bond donors (Lipinski definition) is 1. The van der Waals surface area contributed by atoms with Crippen LogP contribution in [0, 0.1) is 5.92 Å². The molecule has 1 aliphatic rings. The van der Waals surface area contributed by atoms with Gasteiger partial charge in [-0.1, -0.05) is 38.3 Å². The van der Waals surface area contributed by atoms with Crippen molar-refractivity contribution in [3.63, 3.8) is 0 Å². The molecule has 1 unspecified atom stereocenters. The maximum absolute atomic E-state index is 5.28. The monoisotopic (exact) mass is 261 g/mol. The van der Waals surface area contributed by atoms with E-state index in [0.29, 0.717) is 6.04 Å². The third kappa shape index (κ3) is 4.24. The van der Waals surface area contributed by atoms with Crippen LogP contribution in [0.1, 0.15) is 51.0 Å². The predicted molar refractivity (Wildman–Crippen MR) is 80.5 cm³/mol. The Hall–Kier alpha value is -1.02. The lowest BCUT2D eigenvalue weighted by atomic mass is 9.83. The van der Waals surface area contributed by atoms with E-state index < -0.39 is 0 Å². The predicted octanol–water partition coefficient (Wildman–Crippen LogP) is 4.14. The highest BCUT2D eigenvalue weighted by Gasteiger charge is 2.21. The molecule has 0 bridgehead atoms. The largest absolute Gasteiger partial charge is 0.497 e. The lowest BCUT2D eigenvalue weighted by molar-refractivity contribution is 0.261. The summed E-state index contributed by atoms with van der Waals surface area (Å²) in [6.07, 6.45) is 8.31. The van der Waals surface area contributed by atoms with Crippen LogP contribution >= 0.6 is 0 Å². The topological polar surface area (TPSA) is 21.3 Å². The van der Waals surface area contributed by atoms with Crippen LogP contribution in [0.15, 0.2) is 24.3 Å². The summed E-state index contributed by atoms with van der Waals surface area (Å²) in [6, 6.07) is 9.04. The first kappa shape index (κ1) is 14.4. The first-order chi connectivity index (χ1) is 9.33. The Morgan fingerprint density at radius 1 is 1.26 bits per heavy atom. The van der Waals surface area contributed by atoms with Crippen molar-refractivity contribution in [1.29, 1.82) is 0 Å². The summed E-state index contributed by atoms with van der Waals surface area (Å²) in [6.45, 7) is 3.25. The van der Waals surface area contributed by atoms with Crippen LogP contribution < -0.4 is 10.1 Å². The van der Waals surface area contributed by atoms with E-state index in [1.54, 1.807) is 7.11 Å². The number of benzene rings is 1. The van der Waals surface area contributed by atoms with Crippen LogP contribution in [0.3, 0.4) is 0 Å². The second kappa shape index (κ2) is 7.54. The zero-order chi connectivity index (χ0) is 13.5. The SMILES string of the molecule is CCC(NCc1cccc(OC)c1)C1CCCCC1. The lowest BCUT2D eigenvalue weighted by Crippen LogP contribution is -2.36. The number of ether oxygens (including phenoxy) is 1. The molecule has 0 aliphatic heterocycles. The number of rotatable bonds is 6. The molecule has 2 rings (SSSR count). The average Bonchev–Trinajstić information content (AvgIpc) is 2.49. The number of methoxy groups -OCH3 is 1. The Kier molecular flexibility index (Phi) is 5.71. The Morgan fingerprint density at radius 2 is 2.05 bits per heavy atom. The third-order valence-electron chi connectivity index (χ3n) is 4.36. The molecule has 1 aromatic carbocycles. The van der Waals surface area contributed by atoms with Gasteiger partial charge in [0.2, 0.25) is 0 Å². The van der Waals surface area contributed by atoms with Gasteiger partial charge in [0.15, 0.2) is 0 Å². The highest BCUT2D eigenvalue weighted by molar-refractivity contribution is 5.28. The van der Waals surface area contributed by atoms with Crippen molar-refractivity contribution in [2.45, 2.75) is 58.0 Å². The minimum atomic E-state index is 0.673. The van der Waals surface area contributed by atoms with Crippen molar-refractivity contribution in [3.8, 4) is 5.75 Å². The van der Waals surface area contributed by atoms with Gasteiger partial charge in [0.1, 0.15) is 5.75 Å². The van der Waals surface area contributed by atoms with Crippen molar-refractivity contribution < 1.29 is 4.74 Å². The van der Waals surface area contributed by atoms with Gasteiger partial charge in [-0.25, -0.2) is 0 Å². The van der Waals surface area contributed by atoms with Gasteiger partial charge >= 0.3 is 0 Å². The van der Waals surface area contributed by atoms with Crippen LogP contribution in [0.5, 0.6) is 5.75 Å². The molecule has 2 nitrogen and oxygen atoms in total. The second-order valence-corrected chi connectivity index (χ2v) is 5.65. The van der Waals surface area contributed by atoms with Gasteiger partial charge in [-0.15, -0.1) is 0 Å². The van der Waals surface area contributed by atoms with Gasteiger partial charge in [0.25, 0.3) is 0 Å². The first-order valence-corrected chi connectivity index (χ1v) is 7.69. The van der Waals surface area contributed by atoms with E-state index in [1.165, 1.54) is 44.1 Å². The molecule has 2 heteroatoms. The normalized spacial score (nSPS) is 18.2. The van der Waals surface area contributed by atoms with E-state index in [2.05, 4.69) is 30.4 Å². The standard InChI is InChI=1S/C17H27NO/c1-3-17(15-9-5-4-6-10-15)18-13-14-8-7-11-16(12-14)19-2/h7-8,11-12,15,17-18H,3-6,9-10,13H2,1-2H3. The average molecular weight is 261 g/mol. The molecule has 106 valence electrons. The fourth-order valence-corrected chi connectivity index (χ4v) is 3.21. The summed E-state index contributed by atoms with van der Waals surface area (Å²) in [7, 11) is 1.73. The van der Waals surface area contributed by atoms with Crippen molar-refractivity contribution in [2.24, 2.45) is 5.92 Å². The van der Waals surface area contributed by atoms with Gasteiger partial charge in [-0.05, 0) is 42.9 Å². The van der Waals surface area contributed by atoms with Crippen molar-refractivity contribution in [1.82, 2.24) is 5.32 Å². The molecule has 0 heterocycles. The molecule has 0 saturated heterocycles. The highest BCUT2D eigenvalue weighted by Crippen LogP contribution is 2.28. The minimum Gasteiger partial charge on any atom is -0.497 e. The number of nitrogens with one attached hydrogen (secondary N) is 1. The van der Waals surface area contributed by atoms with Crippen molar-refractivity contribution in [2.75, 3.05) is 7.11 Å². The maximum Gasteiger partial charge on any atom is 0.119 e. The van der Waals surface area contributed by atoms with Crippen LogP contribution in [0.2, 0.25) is 0 Å². The van der Waals surface area contributed by atoms with E-state index in [9.17, 15) is 0 Å². The highest BCUT2D eigenvalue weighted by atomic mass is 16.5. The minimum absolute atomic E-state index is 0.673. The fraction of sp³-hybridized carbons (Fsp3) is 0.647. The van der Waals surface area contributed by atoms with Crippen LogP contribution in [-0.4, -0.2) is 13.2 Å². The first-order valence-electron chi connectivity index (χ1n) is 7.69. The smallest absolute Gasteiger partial charge is 0.119 e. The Morgan fingerprint density at radius 3 is 2.74 bits per heavy atom. The summed E-state index contributed by atoms with van der Waals surface area (Å²) >= 11 is 0. The van der Waals surface area contributed by atoms with Gasteiger partial charge in [0, 0.05) is 12.6 Å². The molecule has 0 aromatic heterocycles. The van der Waals surface area contributed by atoms with Gasteiger partial charge in [-0.2, -0.15) is 0 Å². The Balaban J connectivity index is 1.87. The van der Waals surface area contributed by atoms with Gasteiger partial charge in [-0.3, -0.25) is 0 Å². The molecule has 0 spiro atoms. The third-order valence-corrected chi connectivity index (χ3v) is 4.36. The van der Waals surface area contributed by atoms with Crippen molar-refractivity contribution in [3.05, 3.63) is 29.8 Å². The summed E-state index contributed by atoms with van der Waals surface area (Å²) in [5, 5.41) is 3.75.